The van der Waals surface area contributed by atoms with Gasteiger partial charge < -0.3 is 5.32 Å². The van der Waals surface area contributed by atoms with E-state index in [1.165, 1.54) is 62.7 Å². The zero-order valence-corrected chi connectivity index (χ0v) is 11.5. The minimum Gasteiger partial charge on any atom is -0.385 e. The lowest BCUT2D eigenvalue weighted by Crippen LogP contribution is -2.26. The summed E-state index contributed by atoms with van der Waals surface area (Å²) >= 11 is 0. The first-order valence-corrected chi connectivity index (χ1v) is 7.64. The molecule has 1 nitrogen and oxygen atoms in total. The Balaban J connectivity index is 1.63. The average molecular weight is 243 g/mol. The van der Waals surface area contributed by atoms with Crippen LogP contribution in [0.25, 0.3) is 0 Å². The molecule has 0 amide bonds. The van der Waals surface area contributed by atoms with E-state index in [4.69, 9.17) is 0 Å². The Bertz CT molecular complexity index is 404. The fraction of sp³-hybridized carbons (Fsp3) is 0.647. The highest BCUT2D eigenvalue weighted by Gasteiger charge is 2.22. The lowest BCUT2D eigenvalue weighted by Gasteiger charge is -2.31. The Morgan fingerprint density at radius 3 is 2.78 bits per heavy atom. The number of benzene rings is 1. The molecule has 1 aliphatic carbocycles. The maximum absolute atomic E-state index is 3.63. The van der Waals surface area contributed by atoms with Crippen LogP contribution in [-0.2, 0) is 6.42 Å². The van der Waals surface area contributed by atoms with Crippen LogP contribution in [0.5, 0.6) is 0 Å². The first kappa shape index (κ1) is 12.1. The molecule has 1 aromatic carbocycles. The fourth-order valence-corrected chi connectivity index (χ4v) is 3.76. The monoisotopic (exact) mass is 243 g/mol. The molecule has 0 aromatic heterocycles. The van der Waals surface area contributed by atoms with Gasteiger partial charge in [-0.15, -0.1) is 0 Å². The molecule has 1 aromatic rings. The van der Waals surface area contributed by atoms with Gasteiger partial charge in [0.05, 0.1) is 0 Å². The van der Waals surface area contributed by atoms with E-state index in [1.54, 1.807) is 5.56 Å². The van der Waals surface area contributed by atoms with Crippen molar-refractivity contribution in [2.75, 3.05) is 11.9 Å². The summed E-state index contributed by atoms with van der Waals surface area (Å²) in [6.45, 7) is 3.39. The van der Waals surface area contributed by atoms with Gasteiger partial charge in [-0.3, -0.25) is 0 Å². The quantitative estimate of drug-likeness (QED) is 0.803. The first-order chi connectivity index (χ1) is 8.81. The smallest absolute Gasteiger partial charge is 0.0373 e. The average Bonchev–Trinajstić information content (AvgIpc) is 2.39. The molecule has 98 valence electrons. The molecule has 18 heavy (non-hydrogen) atoms. The third-order valence-electron chi connectivity index (χ3n) is 4.74. The van der Waals surface area contributed by atoms with E-state index < -0.39 is 0 Å². The molecule has 1 heteroatoms. The van der Waals surface area contributed by atoms with E-state index in [2.05, 4.69) is 30.4 Å². The normalized spacial score (nSPS) is 24.4. The van der Waals surface area contributed by atoms with Gasteiger partial charge in [0.1, 0.15) is 0 Å². The third-order valence-corrected chi connectivity index (χ3v) is 4.74. The number of nitrogens with one attached hydrogen (secondary N) is 1. The number of fused-ring (bicyclic) bond motifs is 1. The van der Waals surface area contributed by atoms with Gasteiger partial charge in [-0.05, 0) is 43.2 Å². The van der Waals surface area contributed by atoms with Crippen LogP contribution in [0.1, 0.15) is 49.7 Å². The Hall–Kier alpha value is -0.980. The lowest BCUT2D eigenvalue weighted by atomic mass is 9.79. The van der Waals surface area contributed by atoms with Crippen molar-refractivity contribution in [1.29, 1.82) is 0 Å². The van der Waals surface area contributed by atoms with Crippen LogP contribution in [0.3, 0.4) is 0 Å². The Kier molecular flexibility index (Phi) is 3.58. The summed E-state index contributed by atoms with van der Waals surface area (Å²) in [4.78, 5) is 0. The van der Waals surface area contributed by atoms with Crippen LogP contribution >= 0.6 is 0 Å². The van der Waals surface area contributed by atoms with Crippen molar-refractivity contribution < 1.29 is 0 Å². The largest absolute Gasteiger partial charge is 0.385 e. The number of hydrogen-bond donors (Lipinski definition) is 1. The minimum absolute atomic E-state index is 0.863. The van der Waals surface area contributed by atoms with Crippen molar-refractivity contribution in [1.82, 2.24) is 0 Å². The van der Waals surface area contributed by atoms with Gasteiger partial charge in [0, 0.05) is 12.2 Å². The van der Waals surface area contributed by atoms with Crippen molar-refractivity contribution in [3.8, 4) is 0 Å². The maximum atomic E-state index is 3.63. The highest BCUT2D eigenvalue weighted by atomic mass is 14.9. The van der Waals surface area contributed by atoms with E-state index in [-0.39, 0.29) is 0 Å². The van der Waals surface area contributed by atoms with Gasteiger partial charge in [0.2, 0.25) is 0 Å². The Labute approximate surface area is 111 Å². The maximum Gasteiger partial charge on any atom is 0.0373 e. The van der Waals surface area contributed by atoms with Gasteiger partial charge in [-0.2, -0.15) is 0 Å². The van der Waals surface area contributed by atoms with Crippen molar-refractivity contribution in [2.24, 2.45) is 11.8 Å². The molecule has 0 radical (unpaired) electrons. The molecular formula is C17H25N. The van der Waals surface area contributed by atoms with Gasteiger partial charge in [-0.1, -0.05) is 49.8 Å². The van der Waals surface area contributed by atoms with E-state index in [0.717, 1.165) is 11.8 Å². The first-order valence-electron chi connectivity index (χ1n) is 7.64. The molecule has 1 heterocycles. The molecule has 1 aliphatic heterocycles. The summed E-state index contributed by atoms with van der Waals surface area (Å²) in [6, 6.07) is 6.84. The molecule has 3 rings (SSSR count). The van der Waals surface area contributed by atoms with Crippen LogP contribution in [-0.4, -0.2) is 6.54 Å². The predicted molar refractivity (Wildman–Crippen MR) is 78.1 cm³/mol. The molecule has 1 fully saturated rings. The third kappa shape index (κ3) is 2.71. The van der Waals surface area contributed by atoms with Gasteiger partial charge in [0.15, 0.2) is 0 Å². The fourth-order valence-electron chi connectivity index (χ4n) is 3.76. The van der Waals surface area contributed by atoms with Crippen molar-refractivity contribution in [2.45, 2.75) is 51.9 Å². The summed E-state index contributed by atoms with van der Waals surface area (Å²) in [5.41, 5.74) is 4.32. The lowest BCUT2D eigenvalue weighted by molar-refractivity contribution is 0.289. The Morgan fingerprint density at radius 2 is 1.94 bits per heavy atom. The SMILES string of the molecule is Cc1ccc2c(c1)CC(CC1CCCCC1)CN2. The van der Waals surface area contributed by atoms with Crippen molar-refractivity contribution >= 4 is 5.69 Å². The molecule has 1 saturated carbocycles. The standard InChI is InChI=1S/C17H25N/c1-13-7-8-17-16(9-13)11-15(12-18-17)10-14-5-3-2-4-6-14/h7-9,14-15,18H,2-6,10-12H2,1H3. The minimum atomic E-state index is 0.863. The molecular weight excluding hydrogens is 218 g/mol. The number of hydrogen-bond acceptors (Lipinski definition) is 1. The van der Waals surface area contributed by atoms with Crippen molar-refractivity contribution in [3.63, 3.8) is 0 Å². The molecule has 0 bridgehead atoms. The summed E-state index contributed by atoms with van der Waals surface area (Å²) in [7, 11) is 0. The number of aryl methyl sites for hydroxylation is 1. The number of anilines is 1. The van der Waals surface area contributed by atoms with E-state index in [1.807, 2.05) is 0 Å². The zero-order valence-electron chi connectivity index (χ0n) is 11.5. The molecule has 2 aliphatic rings. The van der Waals surface area contributed by atoms with Crippen molar-refractivity contribution in [3.05, 3.63) is 29.3 Å². The van der Waals surface area contributed by atoms with Crippen LogP contribution in [0.15, 0.2) is 18.2 Å². The summed E-state index contributed by atoms with van der Waals surface area (Å²) in [6.07, 6.45) is 10.1. The van der Waals surface area contributed by atoms with Gasteiger partial charge in [0.25, 0.3) is 0 Å². The van der Waals surface area contributed by atoms with Crippen LogP contribution in [0.4, 0.5) is 5.69 Å². The molecule has 0 spiro atoms. The summed E-state index contributed by atoms with van der Waals surface area (Å²) < 4.78 is 0. The Morgan fingerprint density at radius 1 is 1.11 bits per heavy atom. The van der Waals surface area contributed by atoms with Crippen LogP contribution in [0, 0.1) is 18.8 Å². The van der Waals surface area contributed by atoms with Crippen LogP contribution in [0.2, 0.25) is 0 Å². The topological polar surface area (TPSA) is 12.0 Å². The van der Waals surface area contributed by atoms with Gasteiger partial charge >= 0.3 is 0 Å². The van der Waals surface area contributed by atoms with Gasteiger partial charge in [-0.25, -0.2) is 0 Å². The van der Waals surface area contributed by atoms with E-state index in [0.29, 0.717) is 0 Å². The predicted octanol–water partition coefficient (Wildman–Crippen LogP) is 4.55. The van der Waals surface area contributed by atoms with E-state index in [9.17, 15) is 0 Å². The molecule has 0 saturated heterocycles. The molecule has 1 unspecified atom stereocenters. The second kappa shape index (κ2) is 5.34. The summed E-state index contributed by atoms with van der Waals surface area (Å²) in [5.74, 6) is 1.87. The second-order valence-corrected chi connectivity index (χ2v) is 6.35. The number of rotatable bonds is 2. The van der Waals surface area contributed by atoms with E-state index >= 15 is 0 Å². The summed E-state index contributed by atoms with van der Waals surface area (Å²) in [5, 5.41) is 3.63. The van der Waals surface area contributed by atoms with Crippen LogP contribution < -0.4 is 5.32 Å². The second-order valence-electron chi connectivity index (χ2n) is 6.35. The molecule has 1 N–H and O–H groups in total. The molecule has 1 atom stereocenters. The highest BCUT2D eigenvalue weighted by Crippen LogP contribution is 2.33. The zero-order chi connectivity index (χ0) is 12.4. The highest BCUT2D eigenvalue weighted by molar-refractivity contribution is 5.54.